The van der Waals surface area contributed by atoms with Gasteiger partial charge >= 0.3 is 0 Å². The Kier molecular flexibility index (Phi) is 4.30. The van der Waals surface area contributed by atoms with Gasteiger partial charge in [-0.1, -0.05) is 12.1 Å². The van der Waals surface area contributed by atoms with Crippen molar-refractivity contribution in [3.8, 4) is 33.1 Å². The topological polar surface area (TPSA) is 126 Å². The molecule has 0 aliphatic heterocycles. The second-order valence-electron chi connectivity index (χ2n) is 7.63. The number of H-pyrrole nitrogens is 2. The minimum absolute atomic E-state index is 0.310. The number of hydrogen-bond donors (Lipinski definition) is 3. The minimum Gasteiger partial charge on any atom is -0.398 e. The molecule has 9 heteroatoms. The fourth-order valence-electron chi connectivity index (χ4n) is 4.15. The Morgan fingerprint density at radius 3 is 2.70 bits per heavy atom. The molecule has 160 valence electrons. The lowest BCUT2D eigenvalue weighted by Crippen LogP contribution is -2.13. The van der Waals surface area contributed by atoms with Gasteiger partial charge in [0.1, 0.15) is 10.8 Å². The van der Waals surface area contributed by atoms with Crippen LogP contribution in [0.4, 0.5) is 5.69 Å². The van der Waals surface area contributed by atoms with Crippen LogP contribution in [-0.4, -0.2) is 30.1 Å². The summed E-state index contributed by atoms with van der Waals surface area (Å²) in [5.41, 5.74) is 12.0. The predicted octanol–water partition coefficient (Wildman–Crippen LogP) is 4.54. The number of nitrogens with zero attached hydrogens (tertiary/aromatic N) is 4. The number of aryl methyl sites for hydroxylation is 1. The molecule has 0 saturated heterocycles. The SMILES string of the molecule is Cc1ncccc1-c1nc2c(-c3nccs3)cc(-c3cccc4[nH]ncc34)c(N)c2c(=O)[nH]1. The van der Waals surface area contributed by atoms with Gasteiger partial charge in [0.15, 0.2) is 0 Å². The molecule has 0 unspecified atom stereocenters. The van der Waals surface area contributed by atoms with Crippen LogP contribution < -0.4 is 11.3 Å². The molecule has 33 heavy (non-hydrogen) atoms. The number of rotatable bonds is 3. The molecule has 0 fully saturated rings. The van der Waals surface area contributed by atoms with E-state index in [0.717, 1.165) is 43.9 Å². The number of nitrogen functional groups attached to an aromatic ring is 1. The van der Waals surface area contributed by atoms with Gasteiger partial charge in [0.25, 0.3) is 5.56 Å². The molecule has 2 aromatic carbocycles. The highest BCUT2D eigenvalue weighted by Gasteiger charge is 2.21. The van der Waals surface area contributed by atoms with Crippen LogP contribution in [0.1, 0.15) is 5.69 Å². The molecule has 4 heterocycles. The van der Waals surface area contributed by atoms with Gasteiger partial charge in [-0.15, -0.1) is 11.3 Å². The van der Waals surface area contributed by atoms with Gasteiger partial charge in [0.2, 0.25) is 0 Å². The largest absolute Gasteiger partial charge is 0.398 e. The number of fused-ring (bicyclic) bond motifs is 2. The molecule has 0 aliphatic rings. The van der Waals surface area contributed by atoms with Crippen LogP contribution in [0.5, 0.6) is 0 Å². The summed E-state index contributed by atoms with van der Waals surface area (Å²) in [6.07, 6.45) is 5.20. The fraction of sp³-hybridized carbons (Fsp3) is 0.0417. The average molecular weight is 452 g/mol. The third-order valence-electron chi connectivity index (χ3n) is 5.72. The quantitative estimate of drug-likeness (QED) is 0.339. The zero-order valence-electron chi connectivity index (χ0n) is 17.5. The summed E-state index contributed by atoms with van der Waals surface area (Å²) >= 11 is 1.48. The van der Waals surface area contributed by atoms with Crippen molar-refractivity contribution < 1.29 is 0 Å². The van der Waals surface area contributed by atoms with E-state index in [2.05, 4.69) is 25.1 Å². The molecule has 0 radical (unpaired) electrons. The van der Waals surface area contributed by atoms with Crippen molar-refractivity contribution >= 4 is 38.8 Å². The van der Waals surface area contributed by atoms with Crippen LogP contribution in [0.25, 0.3) is 54.9 Å². The molecule has 6 rings (SSSR count). The maximum Gasteiger partial charge on any atom is 0.261 e. The van der Waals surface area contributed by atoms with Gasteiger partial charge in [0, 0.05) is 45.5 Å². The highest BCUT2D eigenvalue weighted by molar-refractivity contribution is 7.13. The van der Waals surface area contributed by atoms with E-state index in [1.165, 1.54) is 11.3 Å². The lowest BCUT2D eigenvalue weighted by Gasteiger charge is -2.14. The highest BCUT2D eigenvalue weighted by atomic mass is 32.1. The van der Waals surface area contributed by atoms with Crippen LogP contribution in [-0.2, 0) is 0 Å². The summed E-state index contributed by atoms with van der Waals surface area (Å²) < 4.78 is 0. The van der Waals surface area contributed by atoms with Gasteiger partial charge in [-0.3, -0.25) is 14.9 Å². The van der Waals surface area contributed by atoms with Crippen LogP contribution in [0.3, 0.4) is 0 Å². The van der Waals surface area contributed by atoms with Gasteiger partial charge < -0.3 is 10.7 Å². The lowest BCUT2D eigenvalue weighted by molar-refractivity contribution is 1.12. The van der Waals surface area contributed by atoms with E-state index in [1.807, 2.05) is 48.7 Å². The zero-order valence-corrected chi connectivity index (χ0v) is 18.3. The summed E-state index contributed by atoms with van der Waals surface area (Å²) in [7, 11) is 0. The van der Waals surface area contributed by atoms with Crippen LogP contribution in [0, 0.1) is 6.92 Å². The third kappa shape index (κ3) is 3.01. The van der Waals surface area contributed by atoms with Crippen molar-refractivity contribution in [1.29, 1.82) is 0 Å². The second kappa shape index (κ2) is 7.35. The van der Waals surface area contributed by atoms with Crippen molar-refractivity contribution in [2.75, 3.05) is 5.73 Å². The van der Waals surface area contributed by atoms with Crippen molar-refractivity contribution in [3.63, 3.8) is 0 Å². The van der Waals surface area contributed by atoms with E-state index < -0.39 is 0 Å². The Balaban J connectivity index is 1.73. The second-order valence-corrected chi connectivity index (χ2v) is 8.53. The van der Waals surface area contributed by atoms with Crippen molar-refractivity contribution in [3.05, 3.63) is 76.4 Å². The van der Waals surface area contributed by atoms with Gasteiger partial charge in [-0.2, -0.15) is 5.10 Å². The highest BCUT2D eigenvalue weighted by Crippen LogP contribution is 2.40. The predicted molar refractivity (Wildman–Crippen MR) is 131 cm³/mol. The fourth-order valence-corrected chi connectivity index (χ4v) is 4.81. The first-order valence-corrected chi connectivity index (χ1v) is 11.1. The van der Waals surface area contributed by atoms with E-state index in [9.17, 15) is 4.79 Å². The van der Waals surface area contributed by atoms with Gasteiger partial charge in [-0.25, -0.2) is 9.97 Å². The van der Waals surface area contributed by atoms with E-state index in [4.69, 9.17) is 10.7 Å². The van der Waals surface area contributed by atoms with Crippen LogP contribution in [0.15, 0.2) is 65.2 Å². The van der Waals surface area contributed by atoms with Crippen molar-refractivity contribution in [1.82, 2.24) is 30.1 Å². The maximum atomic E-state index is 13.4. The number of nitrogens with two attached hydrogens (primary N) is 1. The number of nitrogens with one attached hydrogen (secondary N) is 2. The zero-order chi connectivity index (χ0) is 22.5. The first-order valence-electron chi connectivity index (χ1n) is 10.2. The van der Waals surface area contributed by atoms with Gasteiger partial charge in [-0.05, 0) is 36.8 Å². The van der Waals surface area contributed by atoms with Crippen LogP contribution >= 0.6 is 11.3 Å². The Labute approximate surface area is 191 Å². The molecular formula is C24H17N7OS. The Morgan fingerprint density at radius 2 is 1.88 bits per heavy atom. The molecule has 4 aromatic heterocycles. The molecule has 6 aromatic rings. The molecule has 4 N–H and O–H groups in total. The summed E-state index contributed by atoms with van der Waals surface area (Å²) in [6, 6.07) is 11.5. The first-order chi connectivity index (χ1) is 16.1. The number of hydrogen-bond acceptors (Lipinski definition) is 7. The minimum atomic E-state index is -0.310. The van der Waals surface area contributed by atoms with Crippen molar-refractivity contribution in [2.45, 2.75) is 6.92 Å². The summed E-state index contributed by atoms with van der Waals surface area (Å²) in [4.78, 5) is 30.0. The van der Waals surface area contributed by atoms with E-state index >= 15 is 0 Å². The number of benzene rings is 2. The maximum absolute atomic E-state index is 13.4. The van der Waals surface area contributed by atoms with Crippen molar-refractivity contribution in [2.24, 2.45) is 0 Å². The average Bonchev–Trinajstić information content (AvgIpc) is 3.51. The molecule has 0 spiro atoms. The number of pyridine rings is 1. The summed E-state index contributed by atoms with van der Waals surface area (Å²) in [5.74, 6) is 0.444. The van der Waals surface area contributed by atoms with E-state index in [0.29, 0.717) is 22.4 Å². The molecule has 0 atom stereocenters. The smallest absolute Gasteiger partial charge is 0.261 e. The molecule has 0 aliphatic carbocycles. The standard InChI is InChI=1S/C24H17N7OS/c1-12-13(5-3-7-26-12)22-29-21-16(24-27-8-9-33-24)10-15(20(25)19(21)23(32)30-22)14-4-2-6-18-17(14)11-28-31-18/h2-11H,25H2,1H3,(H,28,31)(H,29,30,32). The molecule has 0 bridgehead atoms. The van der Waals surface area contributed by atoms with Crippen LogP contribution in [0.2, 0.25) is 0 Å². The number of aromatic amines is 2. The number of thiazole rings is 1. The Morgan fingerprint density at radius 1 is 1.00 bits per heavy atom. The number of anilines is 1. The molecule has 0 amide bonds. The Hall–Kier alpha value is -4.37. The molecule has 8 nitrogen and oxygen atoms in total. The van der Waals surface area contributed by atoms with E-state index in [1.54, 1.807) is 18.6 Å². The normalized spacial score (nSPS) is 11.4. The van der Waals surface area contributed by atoms with Gasteiger partial charge in [0.05, 0.1) is 28.3 Å². The monoisotopic (exact) mass is 451 g/mol. The third-order valence-corrected chi connectivity index (χ3v) is 6.53. The molecule has 0 saturated carbocycles. The lowest BCUT2D eigenvalue weighted by atomic mass is 9.95. The molecular weight excluding hydrogens is 434 g/mol. The summed E-state index contributed by atoms with van der Waals surface area (Å²) in [5, 5.41) is 11.1. The Bertz CT molecular complexity index is 1720. The van der Waals surface area contributed by atoms with E-state index in [-0.39, 0.29) is 5.56 Å². The summed E-state index contributed by atoms with van der Waals surface area (Å²) in [6.45, 7) is 1.88. The number of aromatic nitrogens is 6. The first kappa shape index (κ1) is 19.3.